The van der Waals surface area contributed by atoms with Crippen LogP contribution in [0.5, 0.6) is 0 Å². The Morgan fingerprint density at radius 3 is 2.74 bits per heavy atom. The summed E-state index contributed by atoms with van der Waals surface area (Å²) in [6.07, 6.45) is 2.90. The molecule has 0 spiro atoms. The Morgan fingerprint density at radius 1 is 1.32 bits per heavy atom. The Balaban J connectivity index is 2.32. The first kappa shape index (κ1) is 14.2. The van der Waals surface area contributed by atoms with E-state index in [1.807, 2.05) is 23.0 Å². The molecule has 2 rings (SSSR count). The van der Waals surface area contributed by atoms with Crippen LogP contribution in [0, 0.1) is 5.92 Å². The number of anilines is 1. The number of aryl methyl sites for hydroxylation is 1. The van der Waals surface area contributed by atoms with E-state index in [0.717, 1.165) is 18.5 Å². The molecule has 0 aliphatic heterocycles. The standard InChI is InChI=1S/C14H17Cl2N3/c1-9(2)6-7-19-8-12(17)14(18-19)10-4-3-5-11(15)13(10)16/h3-5,8-9H,6-7,17H2,1-2H3. The van der Waals surface area contributed by atoms with Gasteiger partial charge in [-0.05, 0) is 18.4 Å². The van der Waals surface area contributed by atoms with E-state index < -0.39 is 0 Å². The van der Waals surface area contributed by atoms with E-state index in [9.17, 15) is 0 Å². The second-order valence-corrected chi connectivity index (χ2v) is 5.77. The number of halogens is 2. The number of benzene rings is 1. The van der Waals surface area contributed by atoms with Crippen LogP contribution in [0.3, 0.4) is 0 Å². The third-order valence-electron chi connectivity index (χ3n) is 2.93. The Bertz CT molecular complexity index is 576. The minimum Gasteiger partial charge on any atom is -0.396 e. The lowest BCUT2D eigenvalue weighted by atomic mass is 10.1. The predicted molar refractivity (Wildman–Crippen MR) is 81.6 cm³/mol. The maximum absolute atomic E-state index is 6.20. The van der Waals surface area contributed by atoms with Gasteiger partial charge in [-0.3, -0.25) is 4.68 Å². The van der Waals surface area contributed by atoms with Crippen molar-refractivity contribution in [1.82, 2.24) is 9.78 Å². The van der Waals surface area contributed by atoms with E-state index in [0.29, 0.717) is 27.3 Å². The zero-order valence-electron chi connectivity index (χ0n) is 11.0. The number of nitrogens with two attached hydrogens (primary N) is 1. The molecule has 1 aromatic carbocycles. The first-order chi connectivity index (χ1) is 8.99. The molecule has 1 aromatic heterocycles. The summed E-state index contributed by atoms with van der Waals surface area (Å²) in [6.45, 7) is 5.21. The molecule has 0 atom stereocenters. The van der Waals surface area contributed by atoms with Gasteiger partial charge in [0.15, 0.2) is 0 Å². The predicted octanol–water partition coefficient (Wildman–Crippen LogP) is 4.49. The molecular formula is C14H17Cl2N3. The molecule has 0 aliphatic rings. The van der Waals surface area contributed by atoms with Crippen LogP contribution in [0.25, 0.3) is 11.3 Å². The van der Waals surface area contributed by atoms with Crippen molar-refractivity contribution >= 4 is 28.9 Å². The molecule has 0 radical (unpaired) electrons. The number of hydrogen-bond acceptors (Lipinski definition) is 2. The summed E-state index contributed by atoms with van der Waals surface area (Å²) in [5.74, 6) is 0.628. The minimum atomic E-state index is 0.491. The fourth-order valence-corrected chi connectivity index (χ4v) is 2.23. The second-order valence-electron chi connectivity index (χ2n) is 4.98. The fraction of sp³-hybridized carbons (Fsp3) is 0.357. The molecule has 3 nitrogen and oxygen atoms in total. The molecule has 5 heteroatoms. The topological polar surface area (TPSA) is 43.8 Å². The van der Waals surface area contributed by atoms with Crippen molar-refractivity contribution in [2.45, 2.75) is 26.8 Å². The summed E-state index contributed by atoms with van der Waals surface area (Å²) in [4.78, 5) is 0. The zero-order chi connectivity index (χ0) is 14.0. The lowest BCUT2D eigenvalue weighted by Gasteiger charge is -2.05. The lowest BCUT2D eigenvalue weighted by molar-refractivity contribution is 0.488. The molecule has 0 aliphatic carbocycles. The molecule has 2 aromatic rings. The van der Waals surface area contributed by atoms with Crippen molar-refractivity contribution in [1.29, 1.82) is 0 Å². The largest absolute Gasteiger partial charge is 0.396 e. The van der Waals surface area contributed by atoms with E-state index in [-0.39, 0.29) is 0 Å². The summed E-state index contributed by atoms with van der Waals surface area (Å²) in [7, 11) is 0. The van der Waals surface area contributed by atoms with Gasteiger partial charge in [0, 0.05) is 18.3 Å². The molecule has 0 saturated heterocycles. The maximum Gasteiger partial charge on any atom is 0.117 e. The molecule has 0 fully saturated rings. The van der Waals surface area contributed by atoms with E-state index >= 15 is 0 Å². The van der Waals surface area contributed by atoms with Crippen LogP contribution in [-0.2, 0) is 6.54 Å². The highest BCUT2D eigenvalue weighted by Crippen LogP contribution is 2.35. The molecule has 0 unspecified atom stereocenters. The van der Waals surface area contributed by atoms with Gasteiger partial charge in [-0.25, -0.2) is 0 Å². The smallest absolute Gasteiger partial charge is 0.117 e. The van der Waals surface area contributed by atoms with Gasteiger partial charge in [0.25, 0.3) is 0 Å². The number of nitrogen functional groups attached to an aromatic ring is 1. The number of nitrogens with zero attached hydrogens (tertiary/aromatic N) is 2. The third kappa shape index (κ3) is 3.23. The van der Waals surface area contributed by atoms with Gasteiger partial charge < -0.3 is 5.73 Å². The summed E-state index contributed by atoms with van der Waals surface area (Å²) >= 11 is 12.2. The van der Waals surface area contributed by atoms with Gasteiger partial charge in [-0.1, -0.05) is 49.2 Å². The molecule has 0 saturated carbocycles. The average molecular weight is 298 g/mol. The zero-order valence-corrected chi connectivity index (χ0v) is 12.5. The normalized spacial score (nSPS) is 11.2. The summed E-state index contributed by atoms with van der Waals surface area (Å²) in [5, 5.41) is 5.50. The Morgan fingerprint density at radius 2 is 2.05 bits per heavy atom. The van der Waals surface area contributed by atoms with Gasteiger partial charge >= 0.3 is 0 Å². The highest BCUT2D eigenvalue weighted by Gasteiger charge is 2.13. The van der Waals surface area contributed by atoms with Crippen LogP contribution >= 0.6 is 23.2 Å². The lowest BCUT2D eigenvalue weighted by Crippen LogP contribution is -2.02. The minimum absolute atomic E-state index is 0.491. The average Bonchev–Trinajstić information content (AvgIpc) is 2.71. The third-order valence-corrected chi connectivity index (χ3v) is 3.75. The van der Waals surface area contributed by atoms with E-state index in [1.54, 1.807) is 6.07 Å². The van der Waals surface area contributed by atoms with Crippen LogP contribution in [-0.4, -0.2) is 9.78 Å². The molecule has 0 amide bonds. The molecular weight excluding hydrogens is 281 g/mol. The van der Waals surface area contributed by atoms with Crippen molar-refractivity contribution in [2.75, 3.05) is 5.73 Å². The van der Waals surface area contributed by atoms with Crippen LogP contribution < -0.4 is 5.73 Å². The number of rotatable bonds is 4. The first-order valence-corrected chi connectivity index (χ1v) is 7.02. The van der Waals surface area contributed by atoms with Crippen molar-refractivity contribution < 1.29 is 0 Å². The SMILES string of the molecule is CC(C)CCn1cc(N)c(-c2cccc(Cl)c2Cl)n1. The van der Waals surface area contributed by atoms with Crippen molar-refractivity contribution in [3.63, 3.8) is 0 Å². The second kappa shape index (κ2) is 5.85. The van der Waals surface area contributed by atoms with Gasteiger partial charge in [0.05, 0.1) is 15.7 Å². The van der Waals surface area contributed by atoms with Crippen LogP contribution in [0.15, 0.2) is 24.4 Å². The van der Waals surface area contributed by atoms with Gasteiger partial charge in [-0.15, -0.1) is 0 Å². The molecule has 0 bridgehead atoms. The van der Waals surface area contributed by atoms with E-state index in [1.165, 1.54) is 0 Å². The van der Waals surface area contributed by atoms with Crippen LogP contribution in [0.4, 0.5) is 5.69 Å². The van der Waals surface area contributed by atoms with E-state index in [4.69, 9.17) is 28.9 Å². The highest BCUT2D eigenvalue weighted by molar-refractivity contribution is 6.43. The van der Waals surface area contributed by atoms with Crippen LogP contribution in [0.2, 0.25) is 10.0 Å². The fourth-order valence-electron chi connectivity index (χ4n) is 1.84. The number of hydrogen-bond donors (Lipinski definition) is 1. The monoisotopic (exact) mass is 297 g/mol. The Labute approximate surface area is 123 Å². The van der Waals surface area contributed by atoms with Gasteiger partial charge in [0.2, 0.25) is 0 Å². The summed E-state index contributed by atoms with van der Waals surface area (Å²) < 4.78 is 1.86. The summed E-state index contributed by atoms with van der Waals surface area (Å²) in [6, 6.07) is 5.47. The molecule has 102 valence electrons. The van der Waals surface area contributed by atoms with Crippen molar-refractivity contribution in [3.05, 3.63) is 34.4 Å². The van der Waals surface area contributed by atoms with Gasteiger partial charge in [0.1, 0.15) is 5.69 Å². The van der Waals surface area contributed by atoms with Crippen molar-refractivity contribution in [2.24, 2.45) is 5.92 Å². The molecule has 1 heterocycles. The highest BCUT2D eigenvalue weighted by atomic mass is 35.5. The molecule has 2 N–H and O–H groups in total. The Kier molecular flexibility index (Phi) is 4.38. The van der Waals surface area contributed by atoms with Crippen LogP contribution in [0.1, 0.15) is 20.3 Å². The quantitative estimate of drug-likeness (QED) is 0.904. The maximum atomic E-state index is 6.20. The molecule has 19 heavy (non-hydrogen) atoms. The summed E-state index contributed by atoms with van der Waals surface area (Å²) in [5.41, 5.74) is 8.10. The number of aromatic nitrogens is 2. The first-order valence-electron chi connectivity index (χ1n) is 6.26. The van der Waals surface area contributed by atoms with Gasteiger partial charge in [-0.2, -0.15) is 5.10 Å². The van der Waals surface area contributed by atoms with E-state index in [2.05, 4.69) is 18.9 Å². The Hall–Kier alpha value is -1.19. The van der Waals surface area contributed by atoms with Crippen molar-refractivity contribution in [3.8, 4) is 11.3 Å².